The third-order valence-corrected chi connectivity index (χ3v) is 5.38. The quantitative estimate of drug-likeness (QED) is 0.265. The number of esters is 1. The van der Waals surface area contributed by atoms with Crippen LogP contribution < -0.4 is 9.64 Å². The molecule has 5 nitrogen and oxygen atoms in total. The second-order valence-electron chi connectivity index (χ2n) is 6.93. The summed E-state index contributed by atoms with van der Waals surface area (Å²) in [6.07, 6.45) is 3.17. The highest BCUT2D eigenvalue weighted by atomic mass is 35.5. The number of rotatable bonds is 2. The van der Waals surface area contributed by atoms with Gasteiger partial charge in [0.15, 0.2) is 0 Å². The van der Waals surface area contributed by atoms with E-state index in [9.17, 15) is 9.59 Å². The lowest BCUT2D eigenvalue weighted by molar-refractivity contribution is -0.146. The highest BCUT2D eigenvalue weighted by Crippen LogP contribution is 2.43. The molecule has 0 bridgehead atoms. The lowest BCUT2D eigenvalue weighted by Gasteiger charge is -2.30. The molecule has 4 aromatic rings. The first-order valence-electron chi connectivity index (χ1n) is 9.36. The van der Waals surface area contributed by atoms with E-state index in [0.29, 0.717) is 16.5 Å². The molecule has 1 aliphatic rings. The lowest BCUT2D eigenvalue weighted by Crippen LogP contribution is -2.39. The van der Waals surface area contributed by atoms with Gasteiger partial charge in [-0.1, -0.05) is 54.1 Å². The zero-order valence-corrected chi connectivity index (χ0v) is 16.4. The topological polar surface area (TPSA) is 59.5 Å². The maximum absolute atomic E-state index is 13.2. The number of carbonyl (C=O) groups is 2. The Kier molecular flexibility index (Phi) is 4.45. The number of ether oxygens (including phenoxy) is 1. The van der Waals surface area contributed by atoms with Crippen molar-refractivity contribution in [3.05, 3.63) is 101 Å². The third kappa shape index (κ3) is 3.00. The number of benzene rings is 3. The van der Waals surface area contributed by atoms with Crippen molar-refractivity contribution in [3.8, 4) is 5.75 Å². The first-order valence-corrected chi connectivity index (χ1v) is 9.74. The minimum Gasteiger partial charge on any atom is -0.419 e. The minimum atomic E-state index is -0.945. The van der Waals surface area contributed by atoms with E-state index in [2.05, 4.69) is 4.98 Å². The van der Waals surface area contributed by atoms with Crippen LogP contribution in [0.3, 0.4) is 0 Å². The van der Waals surface area contributed by atoms with Gasteiger partial charge < -0.3 is 4.74 Å². The van der Waals surface area contributed by atoms with Crippen molar-refractivity contribution in [2.75, 3.05) is 4.90 Å². The summed E-state index contributed by atoms with van der Waals surface area (Å²) in [5.74, 6) is -1.36. The molecule has 0 saturated heterocycles. The van der Waals surface area contributed by atoms with Crippen LogP contribution in [-0.4, -0.2) is 16.9 Å². The largest absolute Gasteiger partial charge is 0.419 e. The summed E-state index contributed by atoms with van der Waals surface area (Å²) >= 11 is 6.29. The third-order valence-electron chi connectivity index (χ3n) is 5.15. The summed E-state index contributed by atoms with van der Waals surface area (Å²) in [4.78, 5) is 31.5. The van der Waals surface area contributed by atoms with Crippen molar-refractivity contribution in [1.82, 2.24) is 4.98 Å². The van der Waals surface area contributed by atoms with Gasteiger partial charge in [-0.25, -0.2) is 4.79 Å². The number of nitrogens with zero attached hydrogens (tertiary/aromatic N) is 2. The molecule has 6 heteroatoms. The smallest absolute Gasteiger partial charge is 0.402 e. The van der Waals surface area contributed by atoms with Crippen molar-refractivity contribution in [2.24, 2.45) is 0 Å². The highest BCUT2D eigenvalue weighted by Gasteiger charge is 2.39. The molecule has 0 fully saturated rings. The summed E-state index contributed by atoms with van der Waals surface area (Å²) in [6.45, 7) is 0. The van der Waals surface area contributed by atoms with Crippen molar-refractivity contribution in [2.45, 2.75) is 6.04 Å². The predicted octanol–water partition coefficient (Wildman–Crippen LogP) is 4.93. The van der Waals surface area contributed by atoms with Crippen LogP contribution in [0.15, 0.2) is 85.2 Å². The molecule has 5 rings (SSSR count). The Morgan fingerprint density at radius 3 is 2.60 bits per heavy atom. The second-order valence-corrected chi connectivity index (χ2v) is 7.37. The highest BCUT2D eigenvalue weighted by molar-refractivity contribution is 6.39. The Bertz CT molecular complexity index is 1290. The molecule has 0 spiro atoms. The van der Waals surface area contributed by atoms with E-state index in [4.69, 9.17) is 16.3 Å². The Balaban J connectivity index is 1.88. The molecule has 1 atom stereocenters. The molecule has 3 aromatic carbocycles. The summed E-state index contributed by atoms with van der Waals surface area (Å²) in [5, 5.41) is 2.39. The van der Waals surface area contributed by atoms with Crippen LogP contribution in [-0.2, 0) is 9.59 Å². The van der Waals surface area contributed by atoms with E-state index in [1.165, 1.54) is 4.90 Å². The van der Waals surface area contributed by atoms with Gasteiger partial charge in [-0.05, 0) is 46.7 Å². The van der Waals surface area contributed by atoms with E-state index in [1.807, 2.05) is 42.5 Å². The molecule has 146 valence electrons. The monoisotopic (exact) mass is 414 g/mol. The van der Waals surface area contributed by atoms with Crippen molar-refractivity contribution in [3.63, 3.8) is 0 Å². The van der Waals surface area contributed by atoms with Crippen LogP contribution in [0.1, 0.15) is 17.2 Å². The number of pyridine rings is 1. The molecule has 1 aromatic heterocycles. The molecule has 0 N–H and O–H groups in total. The van der Waals surface area contributed by atoms with Gasteiger partial charge in [-0.3, -0.25) is 14.7 Å². The van der Waals surface area contributed by atoms with Gasteiger partial charge in [-0.15, -0.1) is 0 Å². The van der Waals surface area contributed by atoms with Gasteiger partial charge in [0.25, 0.3) is 0 Å². The van der Waals surface area contributed by atoms with E-state index in [0.717, 1.165) is 21.9 Å². The summed E-state index contributed by atoms with van der Waals surface area (Å²) in [7, 11) is 0. The van der Waals surface area contributed by atoms with Gasteiger partial charge in [-0.2, -0.15) is 0 Å². The van der Waals surface area contributed by atoms with E-state index < -0.39 is 17.9 Å². The predicted molar refractivity (Wildman–Crippen MR) is 115 cm³/mol. The van der Waals surface area contributed by atoms with Crippen LogP contribution >= 0.6 is 11.6 Å². The van der Waals surface area contributed by atoms with Crippen LogP contribution in [0.4, 0.5) is 5.69 Å². The van der Waals surface area contributed by atoms with Crippen molar-refractivity contribution >= 4 is 39.9 Å². The molecule has 30 heavy (non-hydrogen) atoms. The number of fused-ring (bicyclic) bond motifs is 3. The van der Waals surface area contributed by atoms with Gasteiger partial charge in [0, 0.05) is 16.8 Å². The fourth-order valence-corrected chi connectivity index (χ4v) is 4.09. The molecule has 0 saturated carbocycles. The standard InChI is InChI=1S/C24H15ClN2O3/c25-17-7-3-6-16(13-17)22-21-19-9-2-1-5-15(19)10-11-20(21)30-24(29)23(28)27(22)18-8-4-12-26-14-18/h1-14,22H. The van der Waals surface area contributed by atoms with Crippen LogP contribution in [0, 0.1) is 0 Å². The Morgan fingerprint density at radius 1 is 0.933 bits per heavy atom. The first-order chi connectivity index (χ1) is 14.6. The normalized spacial score (nSPS) is 16.2. The Morgan fingerprint density at radius 2 is 1.80 bits per heavy atom. The van der Waals surface area contributed by atoms with Gasteiger partial charge in [0.05, 0.1) is 17.9 Å². The number of carbonyl (C=O) groups excluding carboxylic acids is 2. The molecular weight excluding hydrogens is 400 g/mol. The molecule has 1 amide bonds. The van der Waals surface area contributed by atoms with Crippen LogP contribution in [0.25, 0.3) is 10.8 Å². The molecule has 0 radical (unpaired) electrons. The Labute approximate surface area is 177 Å². The maximum atomic E-state index is 13.2. The lowest BCUT2D eigenvalue weighted by atomic mass is 9.91. The fourth-order valence-electron chi connectivity index (χ4n) is 3.89. The van der Waals surface area contributed by atoms with Gasteiger partial charge >= 0.3 is 11.9 Å². The van der Waals surface area contributed by atoms with Crippen LogP contribution in [0.5, 0.6) is 5.75 Å². The number of hydrogen-bond donors (Lipinski definition) is 0. The van der Waals surface area contributed by atoms with Crippen LogP contribution in [0.2, 0.25) is 5.02 Å². The zero-order valence-electron chi connectivity index (χ0n) is 15.7. The molecular formula is C24H15ClN2O3. The van der Waals surface area contributed by atoms with E-state index in [-0.39, 0.29) is 0 Å². The number of aromatic nitrogens is 1. The maximum Gasteiger partial charge on any atom is 0.402 e. The number of halogens is 1. The first kappa shape index (κ1) is 18.3. The number of hydrogen-bond acceptors (Lipinski definition) is 4. The van der Waals surface area contributed by atoms with Gasteiger partial charge in [0.2, 0.25) is 0 Å². The fraction of sp³-hybridized carbons (Fsp3) is 0.0417. The zero-order chi connectivity index (χ0) is 20.7. The Hall–Kier alpha value is -3.70. The van der Waals surface area contributed by atoms with E-state index in [1.54, 1.807) is 42.7 Å². The average molecular weight is 415 g/mol. The minimum absolute atomic E-state index is 0.350. The van der Waals surface area contributed by atoms with Gasteiger partial charge in [0.1, 0.15) is 5.75 Å². The second kappa shape index (κ2) is 7.28. The van der Waals surface area contributed by atoms with Crippen molar-refractivity contribution < 1.29 is 14.3 Å². The SMILES string of the molecule is O=C1Oc2ccc3ccccc3c2C(c2cccc(Cl)c2)N(c2cccnc2)C1=O. The molecule has 1 aliphatic heterocycles. The molecule has 2 heterocycles. The molecule has 0 aliphatic carbocycles. The average Bonchev–Trinajstić information content (AvgIpc) is 2.88. The summed E-state index contributed by atoms with van der Waals surface area (Å²) in [6, 6.07) is 21.5. The summed E-state index contributed by atoms with van der Waals surface area (Å²) in [5.41, 5.74) is 1.97. The summed E-state index contributed by atoms with van der Waals surface area (Å²) < 4.78 is 5.53. The molecule has 1 unspecified atom stereocenters. The van der Waals surface area contributed by atoms with Crippen molar-refractivity contribution in [1.29, 1.82) is 0 Å². The number of amides is 1. The number of anilines is 1. The van der Waals surface area contributed by atoms with E-state index >= 15 is 0 Å².